The lowest BCUT2D eigenvalue weighted by atomic mass is 10.0. The van der Waals surface area contributed by atoms with Crippen LogP contribution in [-0.4, -0.2) is 26.1 Å². The van der Waals surface area contributed by atoms with Gasteiger partial charge in [-0.05, 0) is 43.6 Å². The quantitative estimate of drug-likeness (QED) is 0.857. The van der Waals surface area contributed by atoms with E-state index in [4.69, 9.17) is 12.2 Å². The second-order valence-corrected chi connectivity index (χ2v) is 6.05. The van der Waals surface area contributed by atoms with Crippen molar-refractivity contribution >= 4 is 28.4 Å². The van der Waals surface area contributed by atoms with E-state index in [0.29, 0.717) is 11.2 Å². The minimum atomic E-state index is 0.351. The molecule has 1 unspecified atom stereocenters. The Labute approximate surface area is 125 Å². The van der Waals surface area contributed by atoms with Gasteiger partial charge in [-0.1, -0.05) is 44.0 Å². The van der Waals surface area contributed by atoms with Crippen LogP contribution in [0.5, 0.6) is 0 Å². The molecule has 1 heterocycles. The highest BCUT2D eigenvalue weighted by Crippen LogP contribution is 2.11. The van der Waals surface area contributed by atoms with Crippen LogP contribution in [0.3, 0.4) is 0 Å². The van der Waals surface area contributed by atoms with E-state index in [-0.39, 0.29) is 0 Å². The number of para-hydroxylation sites is 1. The summed E-state index contributed by atoms with van der Waals surface area (Å²) in [6.07, 6.45) is 3.59. The molecule has 0 saturated heterocycles. The second-order valence-electron chi connectivity index (χ2n) is 5.67. The molecule has 0 bridgehead atoms. The van der Waals surface area contributed by atoms with Gasteiger partial charge >= 0.3 is 0 Å². The Bertz CT molecular complexity index is 576. The van der Waals surface area contributed by atoms with Gasteiger partial charge in [0.1, 0.15) is 5.52 Å². The Morgan fingerprint density at radius 2 is 2.00 bits per heavy atom. The molecule has 0 saturated carbocycles. The Morgan fingerprint density at radius 1 is 1.25 bits per heavy atom. The van der Waals surface area contributed by atoms with E-state index >= 15 is 0 Å². The summed E-state index contributed by atoms with van der Waals surface area (Å²) in [6.45, 7) is 6.67. The van der Waals surface area contributed by atoms with Crippen LogP contribution in [0.1, 0.15) is 40.0 Å². The Hall–Kier alpha value is -1.49. The Kier molecular flexibility index (Phi) is 5.06. The van der Waals surface area contributed by atoms with Crippen LogP contribution in [0.4, 0.5) is 0 Å². The van der Waals surface area contributed by atoms with Crippen molar-refractivity contribution in [3.8, 4) is 0 Å². The van der Waals surface area contributed by atoms with E-state index in [9.17, 15) is 0 Å². The number of nitrogens with one attached hydrogen (secondary N) is 1. The molecule has 5 heteroatoms. The van der Waals surface area contributed by atoms with Crippen LogP contribution >= 0.6 is 12.2 Å². The second kappa shape index (κ2) is 6.79. The van der Waals surface area contributed by atoms with Gasteiger partial charge < -0.3 is 5.32 Å². The predicted octanol–water partition coefficient (Wildman–Crippen LogP) is 3.37. The number of rotatable bonds is 5. The summed E-state index contributed by atoms with van der Waals surface area (Å²) in [4.78, 5) is 0. The van der Waals surface area contributed by atoms with Gasteiger partial charge in [0, 0.05) is 6.04 Å². The van der Waals surface area contributed by atoms with Crippen molar-refractivity contribution in [1.29, 1.82) is 0 Å². The lowest BCUT2D eigenvalue weighted by molar-refractivity contribution is 0.493. The molecule has 1 aromatic heterocycles. The van der Waals surface area contributed by atoms with Crippen LogP contribution in [-0.2, 0) is 0 Å². The lowest BCUT2D eigenvalue weighted by Crippen LogP contribution is -2.36. The first kappa shape index (κ1) is 14.9. The third kappa shape index (κ3) is 3.76. The third-order valence-electron chi connectivity index (χ3n) is 3.33. The molecule has 0 radical (unpaired) electrons. The van der Waals surface area contributed by atoms with E-state index in [1.807, 2.05) is 24.3 Å². The number of hydrogen-bond donors (Lipinski definition) is 1. The molecule has 0 aliphatic rings. The van der Waals surface area contributed by atoms with Gasteiger partial charge in [0.05, 0.1) is 5.52 Å². The monoisotopic (exact) mass is 290 g/mol. The molecule has 4 nitrogen and oxygen atoms in total. The third-order valence-corrected chi connectivity index (χ3v) is 3.62. The number of hydrogen-bond acceptors (Lipinski definition) is 3. The molecule has 0 aliphatic heterocycles. The Balaban J connectivity index is 1.94. The molecule has 1 atom stereocenters. The Morgan fingerprint density at radius 3 is 2.75 bits per heavy atom. The van der Waals surface area contributed by atoms with Crippen molar-refractivity contribution in [2.24, 2.45) is 5.92 Å². The van der Waals surface area contributed by atoms with E-state index < -0.39 is 0 Å². The zero-order valence-electron chi connectivity index (χ0n) is 12.3. The van der Waals surface area contributed by atoms with Crippen LogP contribution in [0.15, 0.2) is 24.3 Å². The number of benzene rings is 1. The minimum Gasteiger partial charge on any atom is -0.358 e. The lowest BCUT2D eigenvalue weighted by Gasteiger charge is -2.16. The molecular weight excluding hydrogens is 268 g/mol. The van der Waals surface area contributed by atoms with Gasteiger partial charge in [-0.3, -0.25) is 0 Å². The van der Waals surface area contributed by atoms with Crippen LogP contribution in [0, 0.1) is 5.92 Å². The van der Waals surface area contributed by atoms with Crippen LogP contribution < -0.4 is 5.32 Å². The SMILES string of the molecule is CC(C)CCCC(C)NC(=S)n1nnc2ccccc21. The largest absolute Gasteiger partial charge is 0.358 e. The fourth-order valence-electron chi connectivity index (χ4n) is 2.20. The van der Waals surface area contributed by atoms with E-state index in [2.05, 4.69) is 36.4 Å². The maximum absolute atomic E-state index is 5.43. The normalized spacial score (nSPS) is 12.8. The molecule has 0 aliphatic carbocycles. The molecule has 1 N–H and O–H groups in total. The fourth-order valence-corrected chi connectivity index (χ4v) is 2.53. The number of nitrogens with zero attached hydrogens (tertiary/aromatic N) is 3. The summed E-state index contributed by atoms with van der Waals surface area (Å²) >= 11 is 5.43. The van der Waals surface area contributed by atoms with Gasteiger partial charge in [-0.15, -0.1) is 5.10 Å². The average molecular weight is 290 g/mol. The highest BCUT2D eigenvalue weighted by Gasteiger charge is 2.10. The van der Waals surface area contributed by atoms with Gasteiger partial charge in [-0.25, -0.2) is 0 Å². The topological polar surface area (TPSA) is 42.7 Å². The van der Waals surface area contributed by atoms with Gasteiger partial charge in [0.2, 0.25) is 0 Å². The standard InChI is InChI=1S/C15H22N4S/c1-11(2)7-6-8-12(3)16-15(20)19-14-10-5-4-9-13(14)17-18-19/h4-5,9-12H,6-8H2,1-3H3,(H,16,20). The zero-order chi connectivity index (χ0) is 14.5. The first-order valence-corrected chi connectivity index (χ1v) is 7.60. The molecular formula is C15H22N4S. The maximum Gasteiger partial charge on any atom is 0.196 e. The van der Waals surface area contributed by atoms with Crippen molar-refractivity contribution in [3.63, 3.8) is 0 Å². The van der Waals surface area contributed by atoms with Gasteiger partial charge in [-0.2, -0.15) is 4.68 Å². The molecule has 20 heavy (non-hydrogen) atoms. The van der Waals surface area contributed by atoms with Crippen molar-refractivity contribution in [1.82, 2.24) is 20.3 Å². The summed E-state index contributed by atoms with van der Waals surface area (Å²) in [7, 11) is 0. The number of thiocarbonyl (C=S) groups is 1. The smallest absolute Gasteiger partial charge is 0.196 e. The van der Waals surface area contributed by atoms with E-state index in [1.165, 1.54) is 12.8 Å². The summed E-state index contributed by atoms with van der Waals surface area (Å²) in [5.74, 6) is 0.758. The summed E-state index contributed by atoms with van der Waals surface area (Å²) in [6, 6.07) is 8.19. The molecule has 0 amide bonds. The highest BCUT2D eigenvalue weighted by atomic mass is 32.1. The average Bonchev–Trinajstić information content (AvgIpc) is 2.82. The van der Waals surface area contributed by atoms with E-state index in [0.717, 1.165) is 23.4 Å². The van der Waals surface area contributed by atoms with Gasteiger partial charge in [0.15, 0.2) is 5.11 Å². The molecule has 0 fully saturated rings. The summed E-state index contributed by atoms with van der Waals surface area (Å²) < 4.78 is 1.70. The predicted molar refractivity (Wildman–Crippen MR) is 86.8 cm³/mol. The molecule has 108 valence electrons. The van der Waals surface area contributed by atoms with Crippen LogP contribution in [0.2, 0.25) is 0 Å². The fraction of sp³-hybridized carbons (Fsp3) is 0.533. The van der Waals surface area contributed by atoms with Crippen molar-refractivity contribution in [3.05, 3.63) is 24.3 Å². The maximum atomic E-state index is 5.43. The first-order chi connectivity index (χ1) is 9.58. The summed E-state index contributed by atoms with van der Waals surface area (Å²) in [5.41, 5.74) is 1.81. The van der Waals surface area contributed by atoms with Gasteiger partial charge in [0.25, 0.3) is 0 Å². The van der Waals surface area contributed by atoms with Crippen molar-refractivity contribution in [2.75, 3.05) is 0 Å². The summed E-state index contributed by atoms with van der Waals surface area (Å²) in [5, 5.41) is 12.2. The number of aromatic nitrogens is 3. The molecule has 2 aromatic rings. The van der Waals surface area contributed by atoms with E-state index in [1.54, 1.807) is 4.68 Å². The number of fused-ring (bicyclic) bond motifs is 1. The van der Waals surface area contributed by atoms with Crippen LogP contribution in [0.25, 0.3) is 11.0 Å². The molecule has 0 spiro atoms. The highest BCUT2D eigenvalue weighted by molar-refractivity contribution is 7.80. The first-order valence-electron chi connectivity index (χ1n) is 7.19. The minimum absolute atomic E-state index is 0.351. The zero-order valence-corrected chi connectivity index (χ0v) is 13.2. The van der Waals surface area contributed by atoms with Crippen molar-refractivity contribution < 1.29 is 0 Å². The van der Waals surface area contributed by atoms with Crippen molar-refractivity contribution in [2.45, 2.75) is 46.1 Å². The molecule has 1 aromatic carbocycles. The molecule has 2 rings (SSSR count).